The van der Waals surface area contributed by atoms with E-state index in [-0.39, 0.29) is 17.4 Å². The fourth-order valence-electron chi connectivity index (χ4n) is 3.63. The van der Waals surface area contributed by atoms with Gasteiger partial charge in [0.1, 0.15) is 4.83 Å². The summed E-state index contributed by atoms with van der Waals surface area (Å²) in [6.07, 6.45) is 0.557. The molecule has 0 saturated carbocycles. The molecule has 2 heterocycles. The predicted octanol–water partition coefficient (Wildman–Crippen LogP) is 5.43. The monoisotopic (exact) mass is 492 g/mol. The molecule has 0 aliphatic carbocycles. The van der Waals surface area contributed by atoms with Crippen molar-refractivity contribution in [3.63, 3.8) is 0 Å². The van der Waals surface area contributed by atoms with E-state index in [0.29, 0.717) is 33.2 Å². The molecule has 0 aliphatic heterocycles. The van der Waals surface area contributed by atoms with Crippen molar-refractivity contribution >= 4 is 56.5 Å². The van der Waals surface area contributed by atoms with Crippen LogP contribution < -0.4 is 16.2 Å². The van der Waals surface area contributed by atoms with Crippen LogP contribution in [0.2, 0.25) is 0 Å². The first kappa shape index (κ1) is 23.7. The lowest BCUT2D eigenvalue weighted by molar-refractivity contribution is -0.116. The molecule has 0 spiro atoms. The Hall–Kier alpha value is -3.43. The maximum atomic E-state index is 13.0. The minimum absolute atomic E-state index is 0.158. The van der Waals surface area contributed by atoms with Crippen molar-refractivity contribution in [3.8, 4) is 11.1 Å². The average molecular weight is 493 g/mol. The minimum atomic E-state index is -0.440. The average Bonchev–Trinajstić information content (AvgIpc) is 3.15. The molecule has 1 atom stereocenters. The molecule has 34 heavy (non-hydrogen) atoms. The summed E-state index contributed by atoms with van der Waals surface area (Å²) in [4.78, 5) is 46.3. The quantitative estimate of drug-likeness (QED) is 0.236. The Labute approximate surface area is 205 Å². The minimum Gasteiger partial charge on any atom is -0.326 e. The Morgan fingerprint density at radius 2 is 1.71 bits per heavy atom. The zero-order valence-electron chi connectivity index (χ0n) is 19.0. The third-order valence-electron chi connectivity index (χ3n) is 5.17. The maximum absolute atomic E-state index is 13.0. The number of amides is 2. The second-order valence-electron chi connectivity index (χ2n) is 7.71. The molecule has 7 nitrogen and oxygen atoms in total. The molecule has 0 aliphatic rings. The van der Waals surface area contributed by atoms with Gasteiger partial charge in [0.05, 0.1) is 10.6 Å². The molecule has 4 aromatic rings. The third-order valence-corrected chi connectivity index (χ3v) is 7.42. The van der Waals surface area contributed by atoms with Crippen LogP contribution in [0, 0.1) is 6.92 Å². The van der Waals surface area contributed by atoms with Gasteiger partial charge in [0.2, 0.25) is 11.8 Å². The van der Waals surface area contributed by atoms with Gasteiger partial charge in [0.25, 0.3) is 5.56 Å². The summed E-state index contributed by atoms with van der Waals surface area (Å²) in [5.74, 6) is -0.343. The van der Waals surface area contributed by atoms with Gasteiger partial charge in [-0.05, 0) is 43.2 Å². The number of fused-ring (bicyclic) bond motifs is 1. The molecule has 2 amide bonds. The van der Waals surface area contributed by atoms with Crippen molar-refractivity contribution in [1.29, 1.82) is 0 Å². The Bertz CT molecular complexity index is 1400. The van der Waals surface area contributed by atoms with E-state index in [1.165, 1.54) is 30.0 Å². The zero-order valence-corrected chi connectivity index (χ0v) is 20.6. The summed E-state index contributed by atoms with van der Waals surface area (Å²) in [5.41, 5.74) is 2.95. The number of hydrogen-bond acceptors (Lipinski definition) is 6. The van der Waals surface area contributed by atoms with Gasteiger partial charge in [-0.15, -0.1) is 11.3 Å². The Balaban J connectivity index is 1.54. The van der Waals surface area contributed by atoms with Crippen LogP contribution in [0.3, 0.4) is 0 Å². The van der Waals surface area contributed by atoms with Gasteiger partial charge >= 0.3 is 0 Å². The molecule has 0 fully saturated rings. The Kier molecular flexibility index (Phi) is 7.14. The highest BCUT2D eigenvalue weighted by molar-refractivity contribution is 8.00. The fraction of sp³-hybridized carbons (Fsp3) is 0.200. The van der Waals surface area contributed by atoms with E-state index >= 15 is 0 Å². The molecule has 174 valence electrons. The molecular formula is C25H24N4O3S2. The van der Waals surface area contributed by atoms with E-state index in [4.69, 9.17) is 0 Å². The maximum Gasteiger partial charge on any atom is 0.260 e. The molecule has 2 aromatic heterocycles. The first-order valence-electron chi connectivity index (χ1n) is 10.8. The van der Waals surface area contributed by atoms with Gasteiger partial charge in [-0.1, -0.05) is 49.0 Å². The number of benzene rings is 2. The normalized spacial score (nSPS) is 11.9. The van der Waals surface area contributed by atoms with Crippen LogP contribution in [0.1, 0.15) is 25.1 Å². The summed E-state index contributed by atoms with van der Waals surface area (Å²) >= 11 is 2.72. The van der Waals surface area contributed by atoms with Gasteiger partial charge in [-0.3, -0.25) is 14.4 Å². The fourth-order valence-corrected chi connectivity index (χ4v) is 5.63. The van der Waals surface area contributed by atoms with Gasteiger partial charge in [-0.25, -0.2) is 4.98 Å². The van der Waals surface area contributed by atoms with E-state index in [1.807, 2.05) is 44.2 Å². The van der Waals surface area contributed by atoms with Crippen LogP contribution >= 0.6 is 23.1 Å². The molecule has 0 bridgehead atoms. The van der Waals surface area contributed by atoms with E-state index in [0.717, 1.165) is 16.0 Å². The van der Waals surface area contributed by atoms with Gasteiger partial charge in [-0.2, -0.15) is 0 Å². The summed E-state index contributed by atoms with van der Waals surface area (Å²) < 4.78 is 0. The summed E-state index contributed by atoms with van der Waals surface area (Å²) in [7, 11) is 0. The number of thioether (sulfide) groups is 1. The number of thiophene rings is 1. The number of rotatable bonds is 7. The number of aryl methyl sites for hydroxylation is 1. The number of hydrogen-bond donors (Lipinski definition) is 3. The molecule has 4 rings (SSSR count). The van der Waals surface area contributed by atoms with E-state index < -0.39 is 5.25 Å². The standard InChI is InChI=1S/C25H24N4O3S2/c1-4-19(22(31)27-18-12-10-17(11-13-18)26-15(3)30)34-25-28-23(32)21-20(14(2)33-24(21)29-25)16-8-6-5-7-9-16/h5-13,19H,4H2,1-3H3,(H,26,30)(H,27,31)(H,28,29,32). The van der Waals surface area contributed by atoms with Crippen molar-refractivity contribution in [2.24, 2.45) is 0 Å². The van der Waals surface area contributed by atoms with Gasteiger partial charge in [0, 0.05) is 28.7 Å². The molecule has 3 N–H and O–H groups in total. The van der Waals surface area contributed by atoms with Crippen molar-refractivity contribution in [1.82, 2.24) is 9.97 Å². The van der Waals surface area contributed by atoms with Crippen molar-refractivity contribution in [2.45, 2.75) is 37.6 Å². The largest absolute Gasteiger partial charge is 0.326 e. The van der Waals surface area contributed by atoms with Crippen molar-refractivity contribution in [3.05, 3.63) is 69.8 Å². The number of carbonyl (C=O) groups is 2. The summed E-state index contributed by atoms with van der Waals surface area (Å²) in [5, 5.41) is 6.14. The number of carbonyl (C=O) groups excluding carboxylic acids is 2. The molecule has 9 heteroatoms. The molecule has 0 radical (unpaired) electrons. The SMILES string of the molecule is CCC(Sc1nc2sc(C)c(-c3ccccc3)c2c(=O)[nH]1)C(=O)Nc1ccc(NC(C)=O)cc1. The predicted molar refractivity (Wildman–Crippen MR) is 140 cm³/mol. The molecule has 0 saturated heterocycles. The first-order chi connectivity index (χ1) is 16.4. The lowest BCUT2D eigenvalue weighted by atomic mass is 10.0. The smallest absolute Gasteiger partial charge is 0.260 e. The Morgan fingerprint density at radius 1 is 1.06 bits per heavy atom. The van der Waals surface area contributed by atoms with Crippen molar-refractivity contribution in [2.75, 3.05) is 10.6 Å². The van der Waals surface area contributed by atoms with Crippen LogP contribution in [0.15, 0.2) is 64.5 Å². The number of nitrogens with one attached hydrogen (secondary N) is 3. The van der Waals surface area contributed by atoms with E-state index in [1.54, 1.807) is 24.3 Å². The van der Waals surface area contributed by atoms with Gasteiger partial charge < -0.3 is 15.6 Å². The van der Waals surface area contributed by atoms with Crippen LogP contribution in [0.25, 0.3) is 21.3 Å². The van der Waals surface area contributed by atoms with Crippen LogP contribution in [0.4, 0.5) is 11.4 Å². The number of anilines is 2. The second kappa shape index (κ2) is 10.2. The number of nitrogens with zero attached hydrogens (tertiary/aromatic N) is 1. The lowest BCUT2D eigenvalue weighted by Gasteiger charge is -2.14. The number of aromatic nitrogens is 2. The molecule has 1 unspecified atom stereocenters. The van der Waals surface area contributed by atoms with E-state index in [2.05, 4.69) is 20.6 Å². The second-order valence-corrected chi connectivity index (χ2v) is 10.1. The highest BCUT2D eigenvalue weighted by Gasteiger charge is 2.22. The third kappa shape index (κ3) is 5.21. The van der Waals surface area contributed by atoms with Crippen LogP contribution in [0.5, 0.6) is 0 Å². The molecular weight excluding hydrogens is 468 g/mol. The van der Waals surface area contributed by atoms with Crippen LogP contribution in [-0.2, 0) is 9.59 Å². The first-order valence-corrected chi connectivity index (χ1v) is 12.5. The summed E-state index contributed by atoms with van der Waals surface area (Å²) in [6, 6.07) is 16.7. The van der Waals surface area contributed by atoms with Crippen LogP contribution in [-0.4, -0.2) is 27.0 Å². The van der Waals surface area contributed by atoms with Crippen molar-refractivity contribution < 1.29 is 9.59 Å². The number of H-pyrrole nitrogens is 1. The van der Waals surface area contributed by atoms with Gasteiger partial charge in [0.15, 0.2) is 5.16 Å². The topological polar surface area (TPSA) is 104 Å². The lowest BCUT2D eigenvalue weighted by Crippen LogP contribution is -2.25. The molecule has 2 aromatic carbocycles. The highest BCUT2D eigenvalue weighted by atomic mass is 32.2. The number of aromatic amines is 1. The zero-order chi connectivity index (χ0) is 24.2. The highest BCUT2D eigenvalue weighted by Crippen LogP contribution is 2.36. The summed E-state index contributed by atoms with van der Waals surface area (Å²) in [6.45, 7) is 5.34. The van der Waals surface area contributed by atoms with E-state index in [9.17, 15) is 14.4 Å². The Morgan fingerprint density at radius 3 is 2.32 bits per heavy atom.